The molecule has 6 nitrogen and oxygen atoms in total. The van der Waals surface area contributed by atoms with Crippen molar-refractivity contribution in [1.29, 1.82) is 0 Å². The Morgan fingerprint density at radius 3 is 2.59 bits per heavy atom. The number of carbonyl (C=O) groups is 1. The molecule has 0 aliphatic carbocycles. The Kier molecular flexibility index (Phi) is 6.21. The molecule has 0 saturated carbocycles. The predicted molar refractivity (Wildman–Crippen MR) is 112 cm³/mol. The summed E-state index contributed by atoms with van der Waals surface area (Å²) < 4.78 is 6.42. The summed E-state index contributed by atoms with van der Waals surface area (Å²) in [6, 6.07) is 10.0. The zero-order valence-electron chi connectivity index (χ0n) is 16.0. The number of carbonyl (C=O) groups excluding carboxylic acids is 1. The van der Waals surface area contributed by atoms with Crippen LogP contribution in [0.1, 0.15) is 18.2 Å². The largest absolute Gasteiger partial charge is 0.480 e. The van der Waals surface area contributed by atoms with Gasteiger partial charge in [0, 0.05) is 36.3 Å². The Hall–Kier alpha value is -2.28. The van der Waals surface area contributed by atoms with Gasteiger partial charge in [0.05, 0.1) is 12.8 Å². The SMILES string of the molecule is CCc1cc(NC(=O)N2CCN(c3ccccc3Br)CC2)c(OC)nc1C. The van der Waals surface area contributed by atoms with Gasteiger partial charge in [-0.3, -0.25) is 0 Å². The monoisotopic (exact) mass is 432 g/mol. The molecule has 1 aromatic carbocycles. The molecule has 144 valence electrons. The number of hydrogen-bond donors (Lipinski definition) is 1. The van der Waals surface area contributed by atoms with Gasteiger partial charge in [0.25, 0.3) is 0 Å². The molecule has 1 saturated heterocycles. The highest BCUT2D eigenvalue weighted by Gasteiger charge is 2.23. The Morgan fingerprint density at radius 1 is 1.26 bits per heavy atom. The summed E-state index contributed by atoms with van der Waals surface area (Å²) in [5.41, 5.74) is 3.81. The number of anilines is 2. The Bertz CT molecular complexity index is 820. The predicted octanol–water partition coefficient (Wildman–Crippen LogP) is 4.08. The van der Waals surface area contributed by atoms with Crippen LogP contribution in [0, 0.1) is 6.92 Å². The van der Waals surface area contributed by atoms with Gasteiger partial charge in [-0.2, -0.15) is 0 Å². The lowest BCUT2D eigenvalue weighted by atomic mass is 10.1. The van der Waals surface area contributed by atoms with Crippen molar-refractivity contribution < 1.29 is 9.53 Å². The van der Waals surface area contributed by atoms with Gasteiger partial charge >= 0.3 is 6.03 Å². The fourth-order valence-electron chi connectivity index (χ4n) is 3.28. The second kappa shape index (κ2) is 8.61. The molecule has 1 fully saturated rings. The van der Waals surface area contributed by atoms with E-state index >= 15 is 0 Å². The van der Waals surface area contributed by atoms with Crippen LogP contribution >= 0.6 is 15.9 Å². The lowest BCUT2D eigenvalue weighted by Gasteiger charge is -2.36. The number of ether oxygens (including phenoxy) is 1. The molecule has 3 rings (SSSR count). The summed E-state index contributed by atoms with van der Waals surface area (Å²) in [7, 11) is 1.57. The zero-order valence-corrected chi connectivity index (χ0v) is 17.5. The van der Waals surface area contributed by atoms with Crippen LogP contribution in [0.15, 0.2) is 34.8 Å². The van der Waals surface area contributed by atoms with Crippen LogP contribution in [0.2, 0.25) is 0 Å². The van der Waals surface area contributed by atoms with Gasteiger partial charge in [0.15, 0.2) is 0 Å². The summed E-state index contributed by atoms with van der Waals surface area (Å²) in [4.78, 5) is 21.3. The minimum Gasteiger partial charge on any atom is -0.480 e. The number of piperazine rings is 1. The molecule has 2 heterocycles. The first-order chi connectivity index (χ1) is 13.0. The highest BCUT2D eigenvalue weighted by molar-refractivity contribution is 9.10. The van der Waals surface area contributed by atoms with Gasteiger partial charge in [-0.25, -0.2) is 9.78 Å². The maximum absolute atomic E-state index is 12.7. The molecule has 1 N–H and O–H groups in total. The molecule has 7 heteroatoms. The van der Waals surface area contributed by atoms with Crippen LogP contribution in [0.5, 0.6) is 5.88 Å². The smallest absolute Gasteiger partial charge is 0.322 e. The second-order valence-corrected chi connectivity index (χ2v) is 7.35. The summed E-state index contributed by atoms with van der Waals surface area (Å²) in [6.07, 6.45) is 0.857. The van der Waals surface area contributed by atoms with Crippen molar-refractivity contribution in [2.24, 2.45) is 0 Å². The van der Waals surface area contributed by atoms with E-state index in [1.54, 1.807) is 7.11 Å². The van der Waals surface area contributed by atoms with Crippen molar-refractivity contribution in [1.82, 2.24) is 9.88 Å². The lowest BCUT2D eigenvalue weighted by molar-refractivity contribution is 0.208. The summed E-state index contributed by atoms with van der Waals surface area (Å²) >= 11 is 3.60. The number of pyridine rings is 1. The molecular formula is C20H25BrN4O2. The van der Waals surface area contributed by atoms with E-state index in [2.05, 4.69) is 44.1 Å². The Labute approximate surface area is 168 Å². The molecule has 2 amide bonds. The topological polar surface area (TPSA) is 57.7 Å². The number of rotatable bonds is 4. The number of nitrogens with zero attached hydrogens (tertiary/aromatic N) is 3. The van der Waals surface area contributed by atoms with Crippen molar-refractivity contribution >= 4 is 33.3 Å². The third-order valence-corrected chi connectivity index (χ3v) is 5.53. The van der Waals surface area contributed by atoms with Gasteiger partial charge < -0.3 is 19.9 Å². The third kappa shape index (κ3) is 4.35. The van der Waals surface area contributed by atoms with E-state index in [1.165, 1.54) is 0 Å². The quantitative estimate of drug-likeness (QED) is 0.790. The van der Waals surface area contributed by atoms with Crippen LogP contribution in [0.25, 0.3) is 0 Å². The number of halogens is 1. The van der Waals surface area contributed by atoms with Gasteiger partial charge in [0.2, 0.25) is 5.88 Å². The van der Waals surface area contributed by atoms with Crippen LogP contribution in [0.4, 0.5) is 16.2 Å². The number of hydrogen-bond acceptors (Lipinski definition) is 4. The fourth-order valence-corrected chi connectivity index (χ4v) is 3.82. The molecule has 0 bridgehead atoms. The standard InChI is InChI=1S/C20H25BrN4O2/c1-4-15-13-17(19(27-3)22-14(15)2)23-20(26)25-11-9-24(10-12-25)18-8-6-5-7-16(18)21/h5-8,13H,4,9-12H2,1-3H3,(H,23,26). The number of nitrogens with one attached hydrogen (secondary N) is 1. The first-order valence-corrected chi connectivity index (χ1v) is 9.92. The molecule has 0 spiro atoms. The molecule has 27 heavy (non-hydrogen) atoms. The van der Waals surface area contributed by atoms with E-state index < -0.39 is 0 Å². The normalized spacial score (nSPS) is 14.2. The van der Waals surface area contributed by atoms with Crippen molar-refractivity contribution in [3.05, 3.63) is 46.1 Å². The zero-order chi connectivity index (χ0) is 19.4. The maximum Gasteiger partial charge on any atom is 0.322 e. The fraction of sp³-hybridized carbons (Fsp3) is 0.400. The van der Waals surface area contributed by atoms with Gasteiger partial charge in [-0.15, -0.1) is 0 Å². The van der Waals surface area contributed by atoms with E-state index in [-0.39, 0.29) is 6.03 Å². The van der Waals surface area contributed by atoms with Crippen LogP contribution < -0.4 is 15.0 Å². The van der Waals surface area contributed by atoms with Crippen molar-refractivity contribution in [2.45, 2.75) is 20.3 Å². The number of aromatic nitrogens is 1. The van der Waals surface area contributed by atoms with Crippen LogP contribution in [-0.2, 0) is 6.42 Å². The molecule has 0 unspecified atom stereocenters. The van der Waals surface area contributed by atoms with E-state index in [4.69, 9.17) is 4.74 Å². The summed E-state index contributed by atoms with van der Waals surface area (Å²) in [6.45, 7) is 6.93. The minimum atomic E-state index is -0.118. The highest BCUT2D eigenvalue weighted by Crippen LogP contribution is 2.28. The lowest BCUT2D eigenvalue weighted by Crippen LogP contribution is -2.50. The molecular weight excluding hydrogens is 408 g/mol. The number of amides is 2. The van der Waals surface area contributed by atoms with Gasteiger partial charge in [-0.05, 0) is 53.0 Å². The second-order valence-electron chi connectivity index (χ2n) is 6.50. The number of aryl methyl sites for hydroxylation is 2. The Balaban J connectivity index is 1.66. The molecule has 1 aliphatic rings. The van der Waals surface area contributed by atoms with Crippen molar-refractivity contribution in [3.63, 3.8) is 0 Å². The van der Waals surface area contributed by atoms with Gasteiger partial charge in [-0.1, -0.05) is 19.1 Å². The molecule has 0 radical (unpaired) electrons. The average Bonchev–Trinajstić information content (AvgIpc) is 2.69. The average molecular weight is 433 g/mol. The first-order valence-electron chi connectivity index (χ1n) is 9.13. The van der Waals surface area contributed by atoms with E-state index in [0.29, 0.717) is 24.7 Å². The number of urea groups is 1. The first kappa shape index (κ1) is 19.5. The number of methoxy groups -OCH3 is 1. The molecule has 1 aromatic heterocycles. The summed E-state index contributed by atoms with van der Waals surface area (Å²) in [5.74, 6) is 0.449. The van der Waals surface area contributed by atoms with E-state index in [9.17, 15) is 4.79 Å². The third-order valence-electron chi connectivity index (χ3n) is 4.86. The van der Waals surface area contributed by atoms with Crippen LogP contribution in [-0.4, -0.2) is 49.2 Å². The maximum atomic E-state index is 12.7. The minimum absolute atomic E-state index is 0.118. The van der Waals surface area contributed by atoms with E-state index in [0.717, 1.165) is 40.9 Å². The molecule has 2 aromatic rings. The Morgan fingerprint density at radius 2 is 1.96 bits per heavy atom. The number of benzene rings is 1. The van der Waals surface area contributed by atoms with Crippen LogP contribution in [0.3, 0.4) is 0 Å². The van der Waals surface area contributed by atoms with Gasteiger partial charge in [0.1, 0.15) is 5.69 Å². The van der Waals surface area contributed by atoms with Crippen molar-refractivity contribution in [3.8, 4) is 5.88 Å². The van der Waals surface area contributed by atoms with E-state index in [1.807, 2.05) is 36.1 Å². The number of para-hydroxylation sites is 1. The molecule has 0 atom stereocenters. The molecule has 1 aliphatic heterocycles. The van der Waals surface area contributed by atoms with Crippen molar-refractivity contribution in [2.75, 3.05) is 43.5 Å². The summed E-state index contributed by atoms with van der Waals surface area (Å²) in [5, 5.41) is 2.97. The highest BCUT2D eigenvalue weighted by atomic mass is 79.9.